The second-order valence-corrected chi connectivity index (χ2v) is 7.37. The minimum atomic E-state index is -4.67. The molecule has 2 heterocycles. The van der Waals surface area contributed by atoms with Crippen molar-refractivity contribution < 1.29 is 22.7 Å². The fraction of sp³-hybridized carbons (Fsp3) is 0.500. The van der Waals surface area contributed by atoms with Crippen LogP contribution in [-0.2, 0) is 17.5 Å². The standard InChI is InChI=1S/C20H25F3N4O2/c1-14(2)27-18(20(21,22)23)17(11-25-27)19(28)24-10-16-13-26(8-9-29-16)12-15-6-4-3-5-7-15/h3-7,11,14,16H,8-10,12-13H2,1-2H3,(H,24,28). The lowest BCUT2D eigenvalue weighted by molar-refractivity contribution is -0.145. The van der Waals surface area contributed by atoms with Crippen LogP contribution < -0.4 is 5.32 Å². The fourth-order valence-electron chi connectivity index (χ4n) is 3.39. The SMILES string of the molecule is CC(C)n1ncc(C(=O)NCC2CN(Cc3ccccc3)CCO2)c1C(F)(F)F. The Hall–Kier alpha value is -2.39. The van der Waals surface area contributed by atoms with Gasteiger partial charge in [-0.2, -0.15) is 18.3 Å². The van der Waals surface area contributed by atoms with Gasteiger partial charge in [0.05, 0.1) is 24.5 Å². The lowest BCUT2D eigenvalue weighted by Gasteiger charge is -2.33. The van der Waals surface area contributed by atoms with Crippen LogP contribution in [0.1, 0.15) is 41.5 Å². The van der Waals surface area contributed by atoms with Gasteiger partial charge in [0.25, 0.3) is 5.91 Å². The number of aromatic nitrogens is 2. The van der Waals surface area contributed by atoms with Gasteiger partial charge in [-0.25, -0.2) is 0 Å². The van der Waals surface area contributed by atoms with Crippen LogP contribution in [-0.4, -0.2) is 52.9 Å². The van der Waals surface area contributed by atoms with Gasteiger partial charge < -0.3 is 10.1 Å². The maximum atomic E-state index is 13.4. The summed E-state index contributed by atoms with van der Waals surface area (Å²) in [4.78, 5) is 14.6. The molecule has 1 saturated heterocycles. The molecule has 0 bridgehead atoms. The molecule has 1 fully saturated rings. The summed E-state index contributed by atoms with van der Waals surface area (Å²) in [7, 11) is 0. The predicted octanol–water partition coefficient (Wildman–Crippen LogP) is 3.11. The zero-order valence-corrected chi connectivity index (χ0v) is 16.4. The average Bonchev–Trinajstić information content (AvgIpc) is 3.13. The third-order valence-corrected chi connectivity index (χ3v) is 4.76. The minimum absolute atomic E-state index is 0.133. The Kier molecular flexibility index (Phi) is 6.59. The van der Waals surface area contributed by atoms with E-state index < -0.39 is 29.4 Å². The molecule has 1 amide bonds. The van der Waals surface area contributed by atoms with Crippen molar-refractivity contribution in [1.82, 2.24) is 20.0 Å². The predicted molar refractivity (Wildman–Crippen MR) is 101 cm³/mol. The third-order valence-electron chi connectivity index (χ3n) is 4.76. The number of rotatable bonds is 6. The van der Waals surface area contributed by atoms with Crippen molar-refractivity contribution in [2.75, 3.05) is 26.2 Å². The number of carbonyl (C=O) groups excluding carboxylic acids is 1. The second-order valence-electron chi connectivity index (χ2n) is 7.37. The molecule has 1 aliphatic heterocycles. The summed E-state index contributed by atoms with van der Waals surface area (Å²) in [5, 5.41) is 6.33. The highest BCUT2D eigenvalue weighted by atomic mass is 19.4. The Balaban J connectivity index is 1.61. The van der Waals surface area contributed by atoms with Gasteiger partial charge in [0.15, 0.2) is 5.69 Å². The van der Waals surface area contributed by atoms with Gasteiger partial charge in [0, 0.05) is 32.2 Å². The number of halogens is 3. The lowest BCUT2D eigenvalue weighted by Crippen LogP contribution is -2.47. The van der Waals surface area contributed by atoms with Crippen LogP contribution in [0.15, 0.2) is 36.5 Å². The first-order valence-electron chi connectivity index (χ1n) is 9.56. The highest BCUT2D eigenvalue weighted by Crippen LogP contribution is 2.33. The van der Waals surface area contributed by atoms with E-state index in [0.29, 0.717) is 13.2 Å². The van der Waals surface area contributed by atoms with Crippen molar-refractivity contribution >= 4 is 5.91 Å². The van der Waals surface area contributed by atoms with Gasteiger partial charge >= 0.3 is 6.18 Å². The molecule has 1 aromatic heterocycles. The van der Waals surface area contributed by atoms with Crippen molar-refractivity contribution in [3.8, 4) is 0 Å². The number of alkyl halides is 3. The van der Waals surface area contributed by atoms with E-state index in [1.807, 2.05) is 30.3 Å². The summed E-state index contributed by atoms with van der Waals surface area (Å²) in [6.45, 7) is 5.92. The molecule has 1 aromatic carbocycles. The highest BCUT2D eigenvalue weighted by Gasteiger charge is 2.40. The number of nitrogens with zero attached hydrogens (tertiary/aromatic N) is 3. The van der Waals surface area contributed by atoms with Crippen LogP contribution in [0.4, 0.5) is 13.2 Å². The van der Waals surface area contributed by atoms with E-state index in [-0.39, 0.29) is 12.6 Å². The third kappa shape index (κ3) is 5.36. The topological polar surface area (TPSA) is 59.4 Å². The first-order chi connectivity index (χ1) is 13.8. The van der Waals surface area contributed by atoms with Crippen molar-refractivity contribution in [2.45, 2.75) is 38.7 Å². The number of carbonyl (C=O) groups is 1. The van der Waals surface area contributed by atoms with Crippen LogP contribution in [0.2, 0.25) is 0 Å². The first kappa shape index (κ1) is 21.3. The summed E-state index contributed by atoms with van der Waals surface area (Å²) >= 11 is 0. The van der Waals surface area contributed by atoms with Crippen molar-refractivity contribution in [3.05, 3.63) is 53.3 Å². The smallest absolute Gasteiger partial charge is 0.374 e. The van der Waals surface area contributed by atoms with E-state index in [1.54, 1.807) is 13.8 Å². The Bertz CT molecular complexity index is 821. The molecule has 6 nitrogen and oxygen atoms in total. The Morgan fingerprint density at radius 3 is 2.69 bits per heavy atom. The molecule has 0 radical (unpaired) electrons. The van der Waals surface area contributed by atoms with E-state index in [9.17, 15) is 18.0 Å². The van der Waals surface area contributed by atoms with E-state index >= 15 is 0 Å². The van der Waals surface area contributed by atoms with Crippen LogP contribution in [0.5, 0.6) is 0 Å². The first-order valence-corrected chi connectivity index (χ1v) is 9.56. The molecule has 1 aliphatic rings. The molecule has 0 spiro atoms. The molecule has 3 rings (SSSR count). The molecule has 1 atom stereocenters. The van der Waals surface area contributed by atoms with Gasteiger partial charge in [0.2, 0.25) is 0 Å². The zero-order valence-electron chi connectivity index (χ0n) is 16.4. The second kappa shape index (κ2) is 8.96. The molecule has 29 heavy (non-hydrogen) atoms. The summed E-state index contributed by atoms with van der Waals surface area (Å²) in [6, 6.07) is 9.47. The maximum Gasteiger partial charge on any atom is 0.433 e. The number of nitrogens with one attached hydrogen (secondary N) is 1. The molecule has 1 unspecified atom stereocenters. The normalized spacial score (nSPS) is 18.2. The van der Waals surface area contributed by atoms with Crippen LogP contribution in [0.25, 0.3) is 0 Å². The van der Waals surface area contributed by atoms with Crippen molar-refractivity contribution in [1.29, 1.82) is 0 Å². The fourth-order valence-corrected chi connectivity index (χ4v) is 3.39. The number of hydrogen-bond acceptors (Lipinski definition) is 4. The zero-order chi connectivity index (χ0) is 21.0. The number of amides is 1. The minimum Gasteiger partial charge on any atom is -0.374 e. The van der Waals surface area contributed by atoms with Gasteiger partial charge in [-0.1, -0.05) is 30.3 Å². The van der Waals surface area contributed by atoms with Crippen LogP contribution in [0, 0.1) is 0 Å². The quantitative estimate of drug-likeness (QED) is 0.795. The molecule has 0 saturated carbocycles. The van der Waals surface area contributed by atoms with Crippen molar-refractivity contribution in [2.24, 2.45) is 0 Å². The Morgan fingerprint density at radius 2 is 2.03 bits per heavy atom. The Labute approximate surface area is 167 Å². The van der Waals surface area contributed by atoms with E-state index in [1.165, 1.54) is 5.56 Å². The molecular weight excluding hydrogens is 385 g/mol. The molecule has 1 N–H and O–H groups in total. The summed E-state index contributed by atoms with van der Waals surface area (Å²) < 4.78 is 46.8. The summed E-state index contributed by atoms with van der Waals surface area (Å²) in [5.74, 6) is -0.798. The molecule has 158 valence electrons. The van der Waals surface area contributed by atoms with Gasteiger partial charge in [-0.3, -0.25) is 14.4 Å². The number of hydrogen-bond donors (Lipinski definition) is 1. The average molecular weight is 410 g/mol. The number of ether oxygens (including phenoxy) is 1. The molecular formula is C20H25F3N4O2. The van der Waals surface area contributed by atoms with Gasteiger partial charge in [-0.05, 0) is 19.4 Å². The molecule has 9 heteroatoms. The highest BCUT2D eigenvalue weighted by molar-refractivity contribution is 5.95. The largest absolute Gasteiger partial charge is 0.433 e. The molecule has 2 aromatic rings. The number of benzene rings is 1. The summed E-state index contributed by atoms with van der Waals surface area (Å²) in [5.41, 5.74) is -0.323. The molecule has 0 aliphatic carbocycles. The maximum absolute atomic E-state index is 13.4. The van der Waals surface area contributed by atoms with E-state index in [2.05, 4.69) is 15.3 Å². The Morgan fingerprint density at radius 1 is 1.31 bits per heavy atom. The van der Waals surface area contributed by atoms with E-state index in [0.717, 1.165) is 24.0 Å². The monoisotopic (exact) mass is 410 g/mol. The lowest BCUT2D eigenvalue weighted by atomic mass is 10.1. The van der Waals surface area contributed by atoms with Crippen molar-refractivity contribution in [3.63, 3.8) is 0 Å². The number of morpholine rings is 1. The van der Waals surface area contributed by atoms with Gasteiger partial charge in [-0.15, -0.1) is 0 Å². The van der Waals surface area contributed by atoms with Crippen LogP contribution >= 0.6 is 0 Å². The van der Waals surface area contributed by atoms with Crippen LogP contribution in [0.3, 0.4) is 0 Å². The van der Waals surface area contributed by atoms with Gasteiger partial charge in [0.1, 0.15) is 0 Å². The van der Waals surface area contributed by atoms with E-state index in [4.69, 9.17) is 4.74 Å². The summed E-state index contributed by atoms with van der Waals surface area (Å²) in [6.07, 6.45) is -3.98.